The van der Waals surface area contributed by atoms with Crippen LogP contribution in [-0.4, -0.2) is 41.8 Å². The van der Waals surface area contributed by atoms with Gasteiger partial charge in [-0.2, -0.15) is 0 Å². The summed E-state index contributed by atoms with van der Waals surface area (Å²) in [7, 11) is 0. The second-order valence-corrected chi connectivity index (χ2v) is 9.55. The molecule has 5 nitrogen and oxygen atoms in total. The summed E-state index contributed by atoms with van der Waals surface area (Å²) in [6.07, 6.45) is 5.27. The zero-order valence-corrected chi connectivity index (χ0v) is 15.5. The molecule has 0 amide bonds. The normalized spacial score (nSPS) is 54.4. The van der Waals surface area contributed by atoms with Gasteiger partial charge in [0.15, 0.2) is 0 Å². The number of carbonyl (C=O) groups excluding carboxylic acids is 1. The van der Waals surface area contributed by atoms with Gasteiger partial charge in [0.05, 0.1) is 13.0 Å². The summed E-state index contributed by atoms with van der Waals surface area (Å²) < 4.78 is 11.2. The Morgan fingerprint density at radius 1 is 1.12 bits per heavy atom. The van der Waals surface area contributed by atoms with Crippen LogP contribution < -0.4 is 0 Å². The molecule has 6 aliphatic rings. The van der Waals surface area contributed by atoms with E-state index in [1.807, 2.05) is 6.92 Å². The van der Waals surface area contributed by atoms with Gasteiger partial charge in [-0.25, -0.2) is 9.78 Å². The lowest BCUT2D eigenvalue weighted by molar-refractivity contribution is -0.360. The van der Waals surface area contributed by atoms with E-state index < -0.39 is 0 Å². The van der Waals surface area contributed by atoms with Gasteiger partial charge in [-0.05, 0) is 62.2 Å². The molecule has 2 heterocycles. The van der Waals surface area contributed by atoms with E-state index in [-0.39, 0.29) is 36.8 Å². The van der Waals surface area contributed by atoms with Gasteiger partial charge in [0.2, 0.25) is 0 Å². The highest BCUT2D eigenvalue weighted by atomic mass is 79.9. The van der Waals surface area contributed by atoms with Crippen molar-refractivity contribution in [1.29, 1.82) is 0 Å². The molecule has 0 aromatic carbocycles. The number of rotatable bonds is 4. The predicted octanol–water partition coefficient (Wildman–Crippen LogP) is 2.85. The van der Waals surface area contributed by atoms with E-state index in [1.54, 1.807) is 0 Å². The lowest BCUT2D eigenvalue weighted by Crippen LogP contribution is -2.52. The topological polar surface area (TPSA) is 57.3 Å². The van der Waals surface area contributed by atoms with Crippen molar-refractivity contribution in [3.05, 3.63) is 0 Å². The maximum Gasteiger partial charge on any atom is 0.308 e. The Hall–Kier alpha value is -0.170. The SMILES string of the molecule is C[C@H]1OO[C@@H](CC(=O)OCC2[C@H]3C[C@@H]4C[C@H](C3)C(Br)[C@H]2C4)[C@@H]2O[C@@H]21. The first-order chi connectivity index (χ1) is 11.6. The van der Waals surface area contributed by atoms with Crippen molar-refractivity contribution in [3.63, 3.8) is 0 Å². The highest BCUT2D eigenvalue weighted by Gasteiger charge is 2.55. The summed E-state index contributed by atoms with van der Waals surface area (Å²) in [5.41, 5.74) is 0. The largest absolute Gasteiger partial charge is 0.465 e. The quantitative estimate of drug-likeness (QED) is 0.314. The Morgan fingerprint density at radius 2 is 1.96 bits per heavy atom. The monoisotopic (exact) mass is 400 g/mol. The Morgan fingerprint density at radius 3 is 2.83 bits per heavy atom. The molecule has 2 unspecified atom stereocenters. The minimum absolute atomic E-state index is 0.00519. The lowest BCUT2D eigenvalue weighted by atomic mass is 9.52. The first-order valence-electron chi connectivity index (χ1n) is 9.37. The average Bonchev–Trinajstić information content (AvgIpc) is 3.35. The number of alkyl halides is 1. The van der Waals surface area contributed by atoms with Crippen LogP contribution in [0.1, 0.15) is 39.0 Å². The van der Waals surface area contributed by atoms with E-state index in [0.29, 0.717) is 23.3 Å². The van der Waals surface area contributed by atoms with Crippen LogP contribution >= 0.6 is 15.9 Å². The van der Waals surface area contributed by atoms with E-state index in [1.165, 1.54) is 25.7 Å². The first kappa shape index (κ1) is 16.0. The van der Waals surface area contributed by atoms with Gasteiger partial charge in [0.1, 0.15) is 24.4 Å². The highest BCUT2D eigenvalue weighted by molar-refractivity contribution is 9.09. The van der Waals surface area contributed by atoms with Crippen molar-refractivity contribution in [2.24, 2.45) is 29.6 Å². The molecule has 4 saturated carbocycles. The van der Waals surface area contributed by atoms with Crippen LogP contribution in [0.15, 0.2) is 0 Å². The first-order valence-corrected chi connectivity index (χ1v) is 10.3. The molecule has 4 aliphatic carbocycles. The number of epoxide rings is 1. The average molecular weight is 401 g/mol. The van der Waals surface area contributed by atoms with E-state index in [0.717, 1.165) is 17.8 Å². The zero-order chi connectivity index (χ0) is 16.4. The van der Waals surface area contributed by atoms with Gasteiger partial charge in [0, 0.05) is 4.83 Å². The van der Waals surface area contributed by atoms with Crippen LogP contribution in [0.25, 0.3) is 0 Å². The number of halogens is 1. The Labute approximate surface area is 150 Å². The highest BCUT2D eigenvalue weighted by Crippen LogP contribution is 2.58. The third-order valence-corrected chi connectivity index (χ3v) is 8.45. The smallest absolute Gasteiger partial charge is 0.308 e. The number of carbonyl (C=O) groups is 1. The second kappa shape index (κ2) is 5.93. The number of hydrogen-bond acceptors (Lipinski definition) is 5. The molecule has 24 heavy (non-hydrogen) atoms. The molecular formula is C18H25BrO5. The third kappa shape index (κ3) is 2.65. The van der Waals surface area contributed by atoms with Crippen molar-refractivity contribution < 1.29 is 24.0 Å². The molecule has 6 heteroatoms. The minimum Gasteiger partial charge on any atom is -0.465 e. The molecule has 4 bridgehead atoms. The van der Waals surface area contributed by atoms with Gasteiger partial charge in [-0.15, -0.1) is 0 Å². The minimum atomic E-state index is -0.318. The fourth-order valence-corrected chi connectivity index (χ4v) is 6.90. The van der Waals surface area contributed by atoms with Crippen molar-refractivity contribution in [1.82, 2.24) is 0 Å². The number of fused-ring (bicyclic) bond motifs is 1. The summed E-state index contributed by atoms with van der Waals surface area (Å²) in [6.45, 7) is 2.48. The molecule has 10 atom stereocenters. The third-order valence-electron chi connectivity index (χ3n) is 7.02. The molecule has 0 aromatic heterocycles. The molecule has 134 valence electrons. The van der Waals surface area contributed by atoms with Crippen LogP contribution in [0.4, 0.5) is 0 Å². The molecule has 2 aliphatic heterocycles. The van der Waals surface area contributed by atoms with E-state index in [4.69, 9.17) is 19.2 Å². The van der Waals surface area contributed by atoms with E-state index >= 15 is 0 Å². The Bertz CT molecular complexity index is 528. The Balaban J connectivity index is 1.14. The summed E-state index contributed by atoms with van der Waals surface area (Å²) in [5.74, 6) is 3.53. The zero-order valence-electron chi connectivity index (χ0n) is 13.9. The molecule has 6 rings (SSSR count). The molecule has 0 N–H and O–H groups in total. The van der Waals surface area contributed by atoms with Crippen LogP contribution in [0.5, 0.6) is 0 Å². The predicted molar refractivity (Wildman–Crippen MR) is 88.3 cm³/mol. The standard InChI is InChI=1S/C18H25BrO5/c1-8-17-18(22-17)14(24-23-8)6-15(20)21-7-13-10-2-9-3-11(5-10)16(19)12(13)4-9/h8-14,16-18H,2-7H2,1H3/t8-,9-,10+,11-,12+,13?,14+,16?,17-,18+/m1/s1. The van der Waals surface area contributed by atoms with Crippen molar-refractivity contribution in [2.45, 2.75) is 68.3 Å². The number of ether oxygens (including phenoxy) is 2. The van der Waals surface area contributed by atoms with Crippen molar-refractivity contribution in [2.75, 3.05) is 6.61 Å². The molecule has 0 radical (unpaired) electrons. The van der Waals surface area contributed by atoms with Gasteiger partial charge >= 0.3 is 5.97 Å². The van der Waals surface area contributed by atoms with Gasteiger partial charge in [0.25, 0.3) is 0 Å². The van der Waals surface area contributed by atoms with Gasteiger partial charge in [-0.1, -0.05) is 15.9 Å². The van der Waals surface area contributed by atoms with Crippen molar-refractivity contribution >= 4 is 21.9 Å². The second-order valence-electron chi connectivity index (χ2n) is 8.49. The summed E-state index contributed by atoms with van der Waals surface area (Å²) >= 11 is 3.93. The molecular weight excluding hydrogens is 376 g/mol. The van der Waals surface area contributed by atoms with E-state index in [9.17, 15) is 4.79 Å². The fourth-order valence-electron chi connectivity index (χ4n) is 5.86. The molecule has 6 fully saturated rings. The van der Waals surface area contributed by atoms with Crippen LogP contribution in [0.3, 0.4) is 0 Å². The van der Waals surface area contributed by atoms with Crippen molar-refractivity contribution in [3.8, 4) is 0 Å². The van der Waals surface area contributed by atoms with Crippen LogP contribution in [-0.2, 0) is 24.0 Å². The lowest BCUT2D eigenvalue weighted by Gasteiger charge is -2.56. The Kier molecular flexibility index (Phi) is 3.96. The fraction of sp³-hybridized carbons (Fsp3) is 0.944. The maximum atomic E-state index is 12.2. The number of hydrogen-bond donors (Lipinski definition) is 0. The molecule has 2 saturated heterocycles. The number of esters is 1. The summed E-state index contributed by atoms with van der Waals surface area (Å²) in [6, 6.07) is 0. The van der Waals surface area contributed by atoms with Crippen LogP contribution in [0.2, 0.25) is 0 Å². The van der Waals surface area contributed by atoms with Gasteiger partial charge in [-0.3, -0.25) is 4.79 Å². The molecule has 0 aromatic rings. The maximum absolute atomic E-state index is 12.2. The van der Waals surface area contributed by atoms with E-state index in [2.05, 4.69) is 15.9 Å². The molecule has 0 spiro atoms. The summed E-state index contributed by atoms with van der Waals surface area (Å²) in [5, 5.41) is 0. The van der Waals surface area contributed by atoms with Crippen LogP contribution in [0, 0.1) is 29.6 Å². The van der Waals surface area contributed by atoms with Gasteiger partial charge < -0.3 is 9.47 Å². The summed E-state index contributed by atoms with van der Waals surface area (Å²) in [4.78, 5) is 23.3.